The number of likely N-dealkylation sites (tertiary alicyclic amines) is 1. The van der Waals surface area contributed by atoms with Crippen LogP contribution in [0.25, 0.3) is 0 Å². The highest BCUT2D eigenvalue weighted by Gasteiger charge is 2.25. The first-order valence-electron chi connectivity index (χ1n) is 8.54. The summed E-state index contributed by atoms with van der Waals surface area (Å²) in [5.41, 5.74) is 0. The van der Waals surface area contributed by atoms with Gasteiger partial charge in [-0.3, -0.25) is 4.90 Å². The van der Waals surface area contributed by atoms with Crippen molar-refractivity contribution in [1.82, 2.24) is 14.1 Å². The fourth-order valence-corrected chi connectivity index (χ4v) is 3.53. The van der Waals surface area contributed by atoms with Crippen LogP contribution in [0.15, 0.2) is 16.5 Å². The maximum Gasteiger partial charge on any atom is 0.211 e. The van der Waals surface area contributed by atoms with Crippen molar-refractivity contribution >= 4 is 10.0 Å². The summed E-state index contributed by atoms with van der Waals surface area (Å²) >= 11 is 0. The Hall–Kier alpha value is -0.890. The summed E-state index contributed by atoms with van der Waals surface area (Å²) in [6.07, 6.45) is 3.63. The Labute approximate surface area is 146 Å². The summed E-state index contributed by atoms with van der Waals surface area (Å²) < 4.78 is 30.0. The van der Waals surface area contributed by atoms with Crippen LogP contribution in [0.4, 0.5) is 0 Å². The number of furan rings is 1. The van der Waals surface area contributed by atoms with Gasteiger partial charge < -0.3 is 9.32 Å². The largest absolute Gasteiger partial charge is 0.463 e. The SMILES string of the molecule is CC(C1CCN(Cc2ccc(CN(C)S(C)(=O)=O)o2)CC1)N(C)C. The standard InChI is InChI=1S/C17H31N3O3S/c1-14(18(2)3)15-8-10-20(11-9-15)13-17-7-6-16(23-17)12-19(4)24(5,21)22/h6-7,14-15H,8-13H2,1-5H3. The highest BCUT2D eigenvalue weighted by Crippen LogP contribution is 2.24. The molecule has 0 aromatic carbocycles. The Balaban J connectivity index is 1.84. The quantitative estimate of drug-likeness (QED) is 0.745. The van der Waals surface area contributed by atoms with E-state index in [4.69, 9.17) is 4.42 Å². The van der Waals surface area contributed by atoms with Crippen LogP contribution in [0, 0.1) is 5.92 Å². The molecule has 138 valence electrons. The Morgan fingerprint density at radius 3 is 2.33 bits per heavy atom. The van der Waals surface area contributed by atoms with Crippen LogP contribution in [0.1, 0.15) is 31.3 Å². The molecule has 1 aromatic heterocycles. The first kappa shape index (κ1) is 19.4. The zero-order valence-corrected chi connectivity index (χ0v) is 16.3. The minimum atomic E-state index is -3.18. The van der Waals surface area contributed by atoms with Crippen molar-refractivity contribution < 1.29 is 12.8 Å². The molecule has 0 amide bonds. The lowest BCUT2D eigenvalue weighted by Crippen LogP contribution is -2.41. The highest BCUT2D eigenvalue weighted by molar-refractivity contribution is 7.88. The topological polar surface area (TPSA) is 57.0 Å². The van der Waals surface area contributed by atoms with Gasteiger partial charge in [0.25, 0.3) is 0 Å². The fraction of sp³-hybridized carbons (Fsp3) is 0.765. The molecular formula is C17H31N3O3S. The maximum atomic E-state index is 11.5. The summed E-state index contributed by atoms with van der Waals surface area (Å²) in [4.78, 5) is 4.72. The van der Waals surface area contributed by atoms with Gasteiger partial charge in [0.05, 0.1) is 19.3 Å². The third kappa shape index (κ3) is 5.31. The molecule has 1 aliphatic rings. The summed E-state index contributed by atoms with van der Waals surface area (Å²) in [7, 11) is 2.68. The Kier molecular flexibility index (Phi) is 6.47. The van der Waals surface area contributed by atoms with Gasteiger partial charge in [0.15, 0.2) is 0 Å². The first-order valence-corrected chi connectivity index (χ1v) is 10.4. The second-order valence-corrected chi connectivity index (χ2v) is 9.29. The van der Waals surface area contributed by atoms with Gasteiger partial charge in [0.2, 0.25) is 10.0 Å². The number of nitrogens with zero attached hydrogens (tertiary/aromatic N) is 3. The average Bonchev–Trinajstić information content (AvgIpc) is 2.93. The molecule has 1 fully saturated rings. The van der Waals surface area contributed by atoms with Crippen LogP contribution in [0.5, 0.6) is 0 Å². The van der Waals surface area contributed by atoms with Crippen LogP contribution in [-0.2, 0) is 23.1 Å². The summed E-state index contributed by atoms with van der Waals surface area (Å²) in [5.74, 6) is 2.35. The Morgan fingerprint density at radius 2 is 1.79 bits per heavy atom. The summed E-state index contributed by atoms with van der Waals surface area (Å²) in [6, 6.07) is 4.45. The minimum absolute atomic E-state index is 0.279. The molecule has 0 spiro atoms. The molecule has 0 bridgehead atoms. The average molecular weight is 358 g/mol. The van der Waals surface area contributed by atoms with Crippen LogP contribution in [0.3, 0.4) is 0 Å². The molecule has 0 N–H and O–H groups in total. The van der Waals surface area contributed by atoms with Crippen LogP contribution in [-0.4, -0.2) is 69.1 Å². The number of hydrogen-bond donors (Lipinski definition) is 0. The predicted octanol–water partition coefficient (Wildman–Crippen LogP) is 1.83. The van der Waals surface area contributed by atoms with E-state index in [2.05, 4.69) is 30.8 Å². The van der Waals surface area contributed by atoms with E-state index in [0.717, 1.165) is 31.3 Å². The normalized spacial score (nSPS) is 19.3. The number of sulfonamides is 1. The van der Waals surface area contributed by atoms with Crippen molar-refractivity contribution in [2.24, 2.45) is 5.92 Å². The number of rotatable bonds is 7. The van der Waals surface area contributed by atoms with E-state index in [1.54, 1.807) is 7.05 Å². The van der Waals surface area contributed by atoms with E-state index in [1.807, 2.05) is 12.1 Å². The lowest BCUT2D eigenvalue weighted by molar-refractivity contribution is 0.115. The smallest absolute Gasteiger partial charge is 0.211 e. The van der Waals surface area contributed by atoms with E-state index < -0.39 is 10.0 Å². The number of hydrogen-bond acceptors (Lipinski definition) is 5. The fourth-order valence-electron chi connectivity index (χ4n) is 3.16. The van der Waals surface area contributed by atoms with E-state index in [1.165, 1.54) is 23.4 Å². The minimum Gasteiger partial charge on any atom is -0.463 e. The van der Waals surface area contributed by atoms with Gasteiger partial charge in [-0.1, -0.05) is 0 Å². The van der Waals surface area contributed by atoms with Gasteiger partial charge in [-0.05, 0) is 65.0 Å². The molecule has 0 aliphatic carbocycles. The molecule has 24 heavy (non-hydrogen) atoms. The lowest BCUT2D eigenvalue weighted by Gasteiger charge is -2.36. The van der Waals surface area contributed by atoms with Gasteiger partial charge in [-0.15, -0.1) is 0 Å². The van der Waals surface area contributed by atoms with E-state index in [-0.39, 0.29) is 6.54 Å². The molecule has 0 saturated carbocycles. The lowest BCUT2D eigenvalue weighted by atomic mass is 9.90. The van der Waals surface area contributed by atoms with Gasteiger partial charge >= 0.3 is 0 Å². The molecule has 1 saturated heterocycles. The van der Waals surface area contributed by atoms with E-state index in [0.29, 0.717) is 11.8 Å². The Bertz CT molecular complexity index is 619. The maximum absolute atomic E-state index is 11.5. The molecule has 7 heteroatoms. The molecule has 0 radical (unpaired) electrons. The molecule has 1 atom stereocenters. The molecule has 1 unspecified atom stereocenters. The van der Waals surface area contributed by atoms with Crippen molar-refractivity contribution in [3.63, 3.8) is 0 Å². The molecule has 1 aliphatic heterocycles. The summed E-state index contributed by atoms with van der Waals surface area (Å²) in [5, 5.41) is 0. The zero-order valence-electron chi connectivity index (χ0n) is 15.5. The predicted molar refractivity (Wildman–Crippen MR) is 96.2 cm³/mol. The van der Waals surface area contributed by atoms with E-state index in [9.17, 15) is 8.42 Å². The summed E-state index contributed by atoms with van der Waals surface area (Å²) in [6.45, 7) is 5.55. The van der Waals surface area contributed by atoms with Crippen molar-refractivity contribution in [3.05, 3.63) is 23.7 Å². The van der Waals surface area contributed by atoms with Crippen LogP contribution < -0.4 is 0 Å². The van der Waals surface area contributed by atoms with Gasteiger partial charge in [0.1, 0.15) is 11.5 Å². The van der Waals surface area contributed by atoms with Crippen LogP contribution >= 0.6 is 0 Å². The zero-order chi connectivity index (χ0) is 17.9. The van der Waals surface area contributed by atoms with Gasteiger partial charge in [-0.25, -0.2) is 8.42 Å². The third-order valence-corrected chi connectivity index (χ3v) is 6.43. The first-order chi connectivity index (χ1) is 11.2. The van der Waals surface area contributed by atoms with Gasteiger partial charge in [-0.2, -0.15) is 4.31 Å². The second kappa shape index (κ2) is 7.99. The monoisotopic (exact) mass is 357 g/mol. The molecule has 6 nitrogen and oxygen atoms in total. The molecule has 2 rings (SSSR count). The van der Waals surface area contributed by atoms with Crippen LogP contribution in [0.2, 0.25) is 0 Å². The highest BCUT2D eigenvalue weighted by atomic mass is 32.2. The van der Waals surface area contributed by atoms with Crippen molar-refractivity contribution in [1.29, 1.82) is 0 Å². The molecule has 1 aromatic rings. The second-order valence-electron chi connectivity index (χ2n) is 7.20. The van der Waals surface area contributed by atoms with Gasteiger partial charge in [0, 0.05) is 13.1 Å². The van der Waals surface area contributed by atoms with Crippen molar-refractivity contribution in [2.45, 2.75) is 38.9 Å². The Morgan fingerprint density at radius 1 is 1.21 bits per heavy atom. The molecular weight excluding hydrogens is 326 g/mol. The third-order valence-electron chi connectivity index (χ3n) is 5.17. The molecule has 2 heterocycles. The van der Waals surface area contributed by atoms with E-state index >= 15 is 0 Å². The number of piperidine rings is 1. The van der Waals surface area contributed by atoms with Crippen molar-refractivity contribution in [3.8, 4) is 0 Å². The van der Waals surface area contributed by atoms with Crippen molar-refractivity contribution in [2.75, 3.05) is 40.5 Å².